The molecule has 9 heteroatoms. The molecule has 4 rings (SSSR count). The van der Waals surface area contributed by atoms with Gasteiger partial charge in [-0.15, -0.1) is 11.3 Å². The number of carbonyl (C=O) groups is 2. The zero-order valence-corrected chi connectivity index (χ0v) is 19.5. The zero-order chi connectivity index (χ0) is 23.2. The third-order valence-electron chi connectivity index (χ3n) is 6.03. The van der Waals surface area contributed by atoms with Crippen LogP contribution in [0.5, 0.6) is 5.75 Å². The number of thiophene rings is 1. The minimum atomic E-state index is -0.330. The van der Waals surface area contributed by atoms with Crippen LogP contribution < -0.4 is 4.74 Å². The Bertz CT molecular complexity index is 945. The quantitative estimate of drug-likeness (QED) is 0.557. The average molecular weight is 477 g/mol. The van der Waals surface area contributed by atoms with Crippen LogP contribution in [-0.2, 0) is 25.5 Å². The Hall–Kier alpha value is -2.49. The van der Waals surface area contributed by atoms with Crippen molar-refractivity contribution in [2.75, 3.05) is 46.6 Å². The van der Waals surface area contributed by atoms with Crippen molar-refractivity contribution in [3.05, 3.63) is 52.0 Å². The molecule has 2 aromatic rings. The van der Waals surface area contributed by atoms with Crippen molar-refractivity contribution >= 4 is 23.2 Å². The van der Waals surface area contributed by atoms with Gasteiger partial charge in [0, 0.05) is 31.7 Å². The molecule has 0 saturated carbocycles. The van der Waals surface area contributed by atoms with Crippen molar-refractivity contribution in [1.82, 2.24) is 9.80 Å². The van der Waals surface area contributed by atoms with Crippen LogP contribution in [0.15, 0.2) is 35.7 Å². The first-order valence-corrected chi connectivity index (χ1v) is 12.1. The summed E-state index contributed by atoms with van der Waals surface area (Å²) in [5.41, 5.74) is 1.07. The van der Waals surface area contributed by atoms with Gasteiger partial charge in [0.1, 0.15) is 24.8 Å². The van der Waals surface area contributed by atoms with E-state index in [-0.39, 0.29) is 49.5 Å². The number of hydrogen-bond acceptors (Lipinski definition) is 6. The lowest BCUT2D eigenvalue weighted by atomic mass is 10.0. The Morgan fingerprint density at radius 1 is 1.27 bits per heavy atom. The lowest BCUT2D eigenvalue weighted by molar-refractivity contribution is -0.145. The molecule has 2 amide bonds. The van der Waals surface area contributed by atoms with Crippen LogP contribution in [-0.4, -0.2) is 74.3 Å². The van der Waals surface area contributed by atoms with E-state index in [2.05, 4.69) is 0 Å². The smallest absolute Gasteiger partial charge is 0.249 e. The van der Waals surface area contributed by atoms with Crippen LogP contribution in [0.2, 0.25) is 0 Å². The molecule has 2 aliphatic heterocycles. The molecular formula is C24H29FN2O5S. The Kier molecular flexibility index (Phi) is 7.95. The summed E-state index contributed by atoms with van der Waals surface area (Å²) >= 11 is 1.67. The maximum absolute atomic E-state index is 13.4. The first-order valence-electron chi connectivity index (χ1n) is 11.2. The summed E-state index contributed by atoms with van der Waals surface area (Å²) in [7, 11) is 1.47. The predicted octanol–water partition coefficient (Wildman–Crippen LogP) is 3.05. The Labute approximate surface area is 197 Å². The number of nitrogens with zero attached hydrogens (tertiary/aromatic N) is 2. The van der Waals surface area contributed by atoms with Gasteiger partial charge in [0.25, 0.3) is 0 Å². The van der Waals surface area contributed by atoms with E-state index in [1.807, 2.05) is 11.4 Å². The predicted molar refractivity (Wildman–Crippen MR) is 122 cm³/mol. The largest absolute Gasteiger partial charge is 0.491 e. The van der Waals surface area contributed by atoms with Crippen LogP contribution in [0.3, 0.4) is 0 Å². The van der Waals surface area contributed by atoms with Crippen LogP contribution in [0, 0.1) is 5.82 Å². The maximum Gasteiger partial charge on any atom is 0.249 e. The van der Waals surface area contributed by atoms with Gasteiger partial charge in [-0.2, -0.15) is 0 Å². The average Bonchev–Trinajstić information content (AvgIpc) is 3.50. The molecule has 1 aromatic carbocycles. The normalized spacial score (nSPS) is 19.9. The lowest BCUT2D eigenvalue weighted by Gasteiger charge is -2.37. The molecule has 1 saturated heterocycles. The Morgan fingerprint density at radius 3 is 2.82 bits per heavy atom. The molecular weight excluding hydrogens is 447 g/mol. The third-order valence-corrected chi connectivity index (χ3v) is 7.03. The van der Waals surface area contributed by atoms with Crippen molar-refractivity contribution < 1.29 is 28.2 Å². The first kappa shape index (κ1) is 23.7. The first-order chi connectivity index (χ1) is 16.0. The summed E-state index contributed by atoms with van der Waals surface area (Å²) in [4.78, 5) is 30.7. The Morgan fingerprint density at radius 2 is 2.09 bits per heavy atom. The maximum atomic E-state index is 13.4. The van der Waals surface area contributed by atoms with E-state index < -0.39 is 0 Å². The van der Waals surface area contributed by atoms with Gasteiger partial charge >= 0.3 is 0 Å². The van der Waals surface area contributed by atoms with Gasteiger partial charge in [-0.25, -0.2) is 4.39 Å². The number of fused-ring (bicyclic) bond motifs is 1. The number of amides is 2. The molecule has 33 heavy (non-hydrogen) atoms. The van der Waals surface area contributed by atoms with E-state index in [4.69, 9.17) is 14.2 Å². The summed E-state index contributed by atoms with van der Waals surface area (Å²) in [6, 6.07) is 7.59. The fraction of sp³-hybridized carbons (Fsp3) is 0.500. The van der Waals surface area contributed by atoms with E-state index in [0.717, 1.165) is 24.8 Å². The van der Waals surface area contributed by atoms with Crippen LogP contribution >= 0.6 is 11.3 Å². The highest BCUT2D eigenvalue weighted by Gasteiger charge is 2.34. The summed E-state index contributed by atoms with van der Waals surface area (Å²) in [6.45, 7) is 1.75. The summed E-state index contributed by atoms with van der Waals surface area (Å²) in [5.74, 6) is -0.152. The van der Waals surface area contributed by atoms with Gasteiger partial charge in [0.05, 0.1) is 18.7 Å². The molecule has 3 heterocycles. The lowest BCUT2D eigenvalue weighted by Crippen LogP contribution is -2.49. The fourth-order valence-electron chi connectivity index (χ4n) is 4.34. The minimum absolute atomic E-state index is 0.0332. The highest BCUT2D eigenvalue weighted by atomic mass is 32.1. The zero-order valence-electron chi connectivity index (χ0n) is 18.7. The van der Waals surface area contributed by atoms with Gasteiger partial charge in [-0.3, -0.25) is 9.59 Å². The second-order valence-corrected chi connectivity index (χ2v) is 9.26. The highest BCUT2D eigenvalue weighted by molar-refractivity contribution is 7.10. The van der Waals surface area contributed by atoms with E-state index in [0.29, 0.717) is 25.4 Å². The van der Waals surface area contributed by atoms with E-state index in [1.54, 1.807) is 33.3 Å². The van der Waals surface area contributed by atoms with E-state index >= 15 is 0 Å². The minimum Gasteiger partial charge on any atom is -0.491 e. The molecule has 0 radical (unpaired) electrons. The van der Waals surface area contributed by atoms with Crippen molar-refractivity contribution in [1.29, 1.82) is 0 Å². The monoisotopic (exact) mass is 476 g/mol. The molecule has 1 fully saturated rings. The van der Waals surface area contributed by atoms with Crippen LogP contribution in [0.4, 0.5) is 4.39 Å². The molecule has 0 bridgehead atoms. The number of rotatable bonds is 9. The number of hydrogen-bond donors (Lipinski definition) is 0. The van der Waals surface area contributed by atoms with E-state index in [9.17, 15) is 14.0 Å². The van der Waals surface area contributed by atoms with Gasteiger partial charge in [-0.1, -0.05) is 0 Å². The summed E-state index contributed by atoms with van der Waals surface area (Å²) in [5, 5.41) is 2.02. The van der Waals surface area contributed by atoms with Crippen molar-refractivity contribution in [2.24, 2.45) is 0 Å². The molecule has 2 aliphatic rings. The standard InChI is InChI=1S/C24H29FN2O5S/c1-30-16-24(29)26(13-19-3-2-11-31-19)14-23(28)27-10-8-22-20(9-12-33-22)21(27)15-32-18-6-4-17(25)5-7-18/h4-7,9,12,19,21H,2-3,8,10-11,13-16H2,1H3/t19-,21-/m1/s1. The second kappa shape index (κ2) is 11.1. The molecule has 0 spiro atoms. The van der Waals surface area contributed by atoms with Crippen LogP contribution in [0.1, 0.15) is 29.3 Å². The molecule has 1 aromatic heterocycles. The summed E-state index contributed by atoms with van der Waals surface area (Å²) in [6.07, 6.45) is 2.55. The van der Waals surface area contributed by atoms with Crippen molar-refractivity contribution in [3.63, 3.8) is 0 Å². The number of halogens is 1. The second-order valence-electron chi connectivity index (χ2n) is 8.26. The molecule has 7 nitrogen and oxygen atoms in total. The van der Waals surface area contributed by atoms with Crippen molar-refractivity contribution in [3.8, 4) is 5.75 Å². The summed E-state index contributed by atoms with van der Waals surface area (Å²) < 4.78 is 29.9. The molecule has 178 valence electrons. The van der Waals surface area contributed by atoms with Gasteiger partial charge in [-0.05, 0) is 60.5 Å². The number of benzene rings is 1. The van der Waals surface area contributed by atoms with E-state index in [1.165, 1.54) is 24.1 Å². The molecule has 0 unspecified atom stereocenters. The molecule has 2 atom stereocenters. The highest BCUT2D eigenvalue weighted by Crippen LogP contribution is 2.34. The van der Waals surface area contributed by atoms with Crippen LogP contribution in [0.25, 0.3) is 0 Å². The van der Waals surface area contributed by atoms with Crippen molar-refractivity contribution in [2.45, 2.75) is 31.4 Å². The molecule has 0 N–H and O–H groups in total. The topological polar surface area (TPSA) is 68.3 Å². The number of ether oxygens (including phenoxy) is 3. The number of methoxy groups -OCH3 is 1. The number of carbonyl (C=O) groups excluding carboxylic acids is 2. The van der Waals surface area contributed by atoms with Gasteiger partial charge in [0.15, 0.2) is 0 Å². The Balaban J connectivity index is 1.48. The fourth-order valence-corrected chi connectivity index (χ4v) is 5.27. The van der Waals surface area contributed by atoms with Gasteiger partial charge < -0.3 is 24.0 Å². The van der Waals surface area contributed by atoms with Gasteiger partial charge in [0.2, 0.25) is 11.8 Å². The SMILES string of the molecule is COCC(=O)N(CC(=O)N1CCc2sccc2[C@H]1COc1ccc(F)cc1)C[C@H]1CCCO1. The molecule has 0 aliphatic carbocycles. The third kappa shape index (κ3) is 5.90.